The molecule has 0 radical (unpaired) electrons. The Morgan fingerprint density at radius 1 is 1.21 bits per heavy atom. The standard InChI is InChI=1S/C18H17F2N3O6/c1-22(2)13-8-7-11(9-14(13)23(26)27)17(25)28-10-16(24)21-12-5-3-4-6-15(12)29-18(19)20/h3-9,18H,10H2,1-2H3,(H,21,24). The van der Waals surface area contributed by atoms with Gasteiger partial charge in [0.15, 0.2) is 6.61 Å². The molecule has 0 unspecified atom stereocenters. The summed E-state index contributed by atoms with van der Waals surface area (Å²) in [7, 11) is 3.22. The first-order valence-electron chi connectivity index (χ1n) is 8.15. The molecule has 0 bridgehead atoms. The molecule has 0 saturated heterocycles. The number of alkyl halides is 2. The van der Waals surface area contributed by atoms with Crippen LogP contribution in [0.4, 0.5) is 25.8 Å². The van der Waals surface area contributed by atoms with Crippen LogP contribution >= 0.6 is 0 Å². The predicted octanol–water partition coefficient (Wildman–Crippen LogP) is 3.06. The highest BCUT2D eigenvalue weighted by Crippen LogP contribution is 2.28. The number of carbonyl (C=O) groups excluding carboxylic acids is 2. The molecule has 0 saturated carbocycles. The lowest BCUT2D eigenvalue weighted by Gasteiger charge is -2.13. The lowest BCUT2D eigenvalue weighted by molar-refractivity contribution is -0.384. The number of amides is 1. The van der Waals surface area contributed by atoms with Gasteiger partial charge in [0.25, 0.3) is 11.6 Å². The van der Waals surface area contributed by atoms with E-state index in [0.717, 1.165) is 6.07 Å². The van der Waals surface area contributed by atoms with Crippen molar-refractivity contribution in [1.82, 2.24) is 0 Å². The van der Waals surface area contributed by atoms with Crippen LogP contribution in [0, 0.1) is 10.1 Å². The number of hydrogen-bond acceptors (Lipinski definition) is 7. The van der Waals surface area contributed by atoms with E-state index in [1.54, 1.807) is 14.1 Å². The SMILES string of the molecule is CN(C)c1ccc(C(=O)OCC(=O)Nc2ccccc2OC(F)F)cc1[N+](=O)[O-]. The summed E-state index contributed by atoms with van der Waals surface area (Å²) in [4.78, 5) is 36.1. The molecule has 0 aromatic heterocycles. The van der Waals surface area contributed by atoms with E-state index in [4.69, 9.17) is 4.74 Å². The number of rotatable bonds is 8. The zero-order valence-corrected chi connectivity index (χ0v) is 15.4. The van der Waals surface area contributed by atoms with Crippen LogP contribution in [0.3, 0.4) is 0 Å². The third-order valence-corrected chi connectivity index (χ3v) is 3.60. The van der Waals surface area contributed by atoms with Gasteiger partial charge in [0.1, 0.15) is 11.4 Å². The molecule has 154 valence electrons. The van der Waals surface area contributed by atoms with Crippen molar-refractivity contribution in [3.05, 3.63) is 58.1 Å². The lowest BCUT2D eigenvalue weighted by atomic mass is 10.1. The normalized spacial score (nSPS) is 10.4. The van der Waals surface area contributed by atoms with Crippen LogP contribution in [0.25, 0.3) is 0 Å². The van der Waals surface area contributed by atoms with Crippen LogP contribution in [0.5, 0.6) is 5.75 Å². The quantitative estimate of drug-likeness (QED) is 0.405. The Balaban J connectivity index is 2.03. The Morgan fingerprint density at radius 3 is 2.52 bits per heavy atom. The van der Waals surface area contributed by atoms with Gasteiger partial charge in [0.2, 0.25) is 0 Å². The van der Waals surface area contributed by atoms with Gasteiger partial charge in [-0.05, 0) is 24.3 Å². The molecule has 0 atom stereocenters. The van der Waals surface area contributed by atoms with E-state index in [1.165, 1.54) is 41.3 Å². The second-order valence-corrected chi connectivity index (χ2v) is 5.85. The summed E-state index contributed by atoms with van der Waals surface area (Å²) in [6.45, 7) is -3.81. The number of halogens is 2. The van der Waals surface area contributed by atoms with Crippen molar-refractivity contribution < 1.29 is 32.8 Å². The fourth-order valence-corrected chi connectivity index (χ4v) is 2.34. The molecule has 2 aromatic rings. The van der Waals surface area contributed by atoms with Crippen LogP contribution in [0.15, 0.2) is 42.5 Å². The maximum atomic E-state index is 12.4. The minimum Gasteiger partial charge on any atom is -0.452 e. The molecular formula is C18H17F2N3O6. The van der Waals surface area contributed by atoms with Gasteiger partial charge in [-0.15, -0.1) is 0 Å². The first kappa shape index (κ1) is 21.5. The highest BCUT2D eigenvalue weighted by atomic mass is 19.3. The number of ether oxygens (including phenoxy) is 2. The molecule has 0 spiro atoms. The van der Waals surface area contributed by atoms with Crippen molar-refractivity contribution in [2.45, 2.75) is 6.61 Å². The Hall–Kier alpha value is -3.76. The average Bonchev–Trinajstić information content (AvgIpc) is 2.66. The molecule has 2 rings (SSSR count). The predicted molar refractivity (Wildman–Crippen MR) is 99.4 cm³/mol. The van der Waals surface area contributed by atoms with Crippen molar-refractivity contribution in [3.63, 3.8) is 0 Å². The molecule has 0 aliphatic rings. The number of esters is 1. The van der Waals surface area contributed by atoms with Crippen molar-refractivity contribution in [2.24, 2.45) is 0 Å². The molecule has 0 aliphatic carbocycles. The largest absolute Gasteiger partial charge is 0.452 e. The summed E-state index contributed by atoms with van der Waals surface area (Å²) < 4.78 is 33.9. The van der Waals surface area contributed by atoms with E-state index in [-0.39, 0.29) is 22.7 Å². The Bertz CT molecular complexity index is 920. The Labute approximate surface area is 164 Å². The van der Waals surface area contributed by atoms with E-state index >= 15 is 0 Å². The maximum Gasteiger partial charge on any atom is 0.387 e. The zero-order chi connectivity index (χ0) is 21.6. The Kier molecular flexibility index (Phi) is 7.01. The fraction of sp³-hybridized carbons (Fsp3) is 0.222. The first-order chi connectivity index (χ1) is 13.7. The number of hydrogen-bond donors (Lipinski definition) is 1. The number of nitrogens with one attached hydrogen (secondary N) is 1. The molecule has 1 amide bonds. The number of nitro groups is 1. The lowest BCUT2D eigenvalue weighted by Crippen LogP contribution is -2.21. The van der Waals surface area contributed by atoms with E-state index in [2.05, 4.69) is 10.1 Å². The highest BCUT2D eigenvalue weighted by molar-refractivity contribution is 5.97. The minimum atomic E-state index is -3.08. The Morgan fingerprint density at radius 2 is 1.90 bits per heavy atom. The van der Waals surface area contributed by atoms with Gasteiger partial charge in [-0.3, -0.25) is 14.9 Å². The van der Waals surface area contributed by atoms with Gasteiger partial charge in [0.05, 0.1) is 16.2 Å². The van der Waals surface area contributed by atoms with Crippen LogP contribution in [0.2, 0.25) is 0 Å². The minimum absolute atomic E-state index is 0.0279. The fourth-order valence-electron chi connectivity index (χ4n) is 2.34. The summed E-state index contributed by atoms with van der Waals surface area (Å²) in [5, 5.41) is 13.5. The topological polar surface area (TPSA) is 111 Å². The molecule has 1 N–H and O–H groups in total. The molecule has 29 heavy (non-hydrogen) atoms. The van der Waals surface area contributed by atoms with Crippen LogP contribution < -0.4 is 15.0 Å². The molecule has 0 aliphatic heterocycles. The summed E-state index contributed by atoms with van der Waals surface area (Å²) >= 11 is 0. The summed E-state index contributed by atoms with van der Waals surface area (Å²) in [5.74, 6) is -2.01. The van der Waals surface area contributed by atoms with Crippen LogP contribution in [-0.2, 0) is 9.53 Å². The van der Waals surface area contributed by atoms with E-state index in [9.17, 15) is 28.5 Å². The number of carbonyl (C=O) groups is 2. The average molecular weight is 409 g/mol. The molecular weight excluding hydrogens is 392 g/mol. The summed E-state index contributed by atoms with van der Waals surface area (Å²) in [6, 6.07) is 9.26. The van der Waals surface area contributed by atoms with Crippen molar-refractivity contribution in [3.8, 4) is 5.75 Å². The molecule has 0 fully saturated rings. The van der Waals surface area contributed by atoms with E-state index < -0.39 is 30.0 Å². The van der Waals surface area contributed by atoms with Gasteiger partial charge < -0.3 is 19.7 Å². The van der Waals surface area contributed by atoms with Crippen molar-refractivity contribution in [2.75, 3.05) is 30.9 Å². The van der Waals surface area contributed by atoms with Gasteiger partial charge in [-0.1, -0.05) is 12.1 Å². The molecule has 2 aromatic carbocycles. The molecule has 9 nitrogen and oxygen atoms in total. The van der Waals surface area contributed by atoms with E-state index in [0.29, 0.717) is 5.69 Å². The summed E-state index contributed by atoms with van der Waals surface area (Å²) in [5.41, 5.74) is -0.150. The van der Waals surface area contributed by atoms with Gasteiger partial charge >= 0.3 is 12.6 Å². The number of benzene rings is 2. The molecule has 0 heterocycles. The second kappa shape index (κ2) is 9.44. The van der Waals surface area contributed by atoms with Crippen LogP contribution in [-0.4, -0.2) is 44.1 Å². The first-order valence-corrected chi connectivity index (χ1v) is 8.15. The monoisotopic (exact) mass is 409 g/mol. The third-order valence-electron chi connectivity index (χ3n) is 3.60. The van der Waals surface area contributed by atoms with E-state index in [1.807, 2.05) is 0 Å². The maximum absolute atomic E-state index is 12.4. The number of nitro benzene ring substituents is 1. The summed E-state index contributed by atoms with van der Waals surface area (Å²) in [6.07, 6.45) is 0. The van der Waals surface area contributed by atoms with Crippen molar-refractivity contribution >= 4 is 28.9 Å². The van der Waals surface area contributed by atoms with Crippen molar-refractivity contribution in [1.29, 1.82) is 0 Å². The number of nitrogens with zero attached hydrogens (tertiary/aromatic N) is 2. The third kappa shape index (κ3) is 5.86. The number of para-hydroxylation sites is 2. The zero-order valence-electron chi connectivity index (χ0n) is 15.4. The smallest absolute Gasteiger partial charge is 0.387 e. The highest BCUT2D eigenvalue weighted by Gasteiger charge is 2.20. The van der Waals surface area contributed by atoms with Gasteiger partial charge in [0, 0.05) is 20.2 Å². The second-order valence-electron chi connectivity index (χ2n) is 5.85. The van der Waals surface area contributed by atoms with Gasteiger partial charge in [-0.25, -0.2) is 4.79 Å². The van der Waals surface area contributed by atoms with Crippen LogP contribution in [0.1, 0.15) is 10.4 Å². The number of anilines is 2. The van der Waals surface area contributed by atoms with Gasteiger partial charge in [-0.2, -0.15) is 8.78 Å². The molecule has 11 heteroatoms.